The second kappa shape index (κ2) is 10.8. The number of hydrogen-bond donors (Lipinski definition) is 0. The van der Waals surface area contributed by atoms with Gasteiger partial charge in [0.25, 0.3) is 11.5 Å². The molecular formula is C30H30N6O4S2. The molecule has 1 aliphatic heterocycles. The number of carbonyl (C=O) groups excluding carboxylic acids is 1. The second-order valence-electron chi connectivity index (χ2n) is 10.9. The third kappa shape index (κ3) is 4.90. The van der Waals surface area contributed by atoms with Gasteiger partial charge >= 0.3 is 0 Å². The van der Waals surface area contributed by atoms with Gasteiger partial charge in [-0.3, -0.25) is 14.3 Å². The van der Waals surface area contributed by atoms with Crippen molar-refractivity contribution in [1.82, 2.24) is 24.6 Å². The van der Waals surface area contributed by atoms with Crippen molar-refractivity contribution in [3.05, 3.63) is 80.2 Å². The number of fused-ring (bicyclic) bond motifs is 1. The lowest BCUT2D eigenvalue weighted by atomic mass is 10.0. The van der Waals surface area contributed by atoms with Crippen molar-refractivity contribution in [1.29, 1.82) is 0 Å². The number of benzene rings is 1. The third-order valence-corrected chi connectivity index (χ3v) is 8.92. The molecule has 0 N–H and O–H groups in total. The molecule has 12 heteroatoms. The van der Waals surface area contributed by atoms with Crippen LogP contribution in [0.3, 0.4) is 0 Å². The van der Waals surface area contributed by atoms with E-state index in [4.69, 9.17) is 19.7 Å². The van der Waals surface area contributed by atoms with E-state index in [0.717, 1.165) is 21.0 Å². The molecule has 4 aromatic heterocycles. The molecule has 5 aromatic rings. The van der Waals surface area contributed by atoms with Crippen LogP contribution in [0.5, 0.6) is 11.5 Å². The number of nitrogens with zero attached hydrogens (tertiary/aromatic N) is 6. The fraction of sp³-hybridized carbons (Fsp3) is 0.300. The zero-order valence-electron chi connectivity index (χ0n) is 23.9. The summed E-state index contributed by atoms with van der Waals surface area (Å²) in [6.07, 6.45) is 2.20. The van der Waals surface area contributed by atoms with Gasteiger partial charge in [-0.2, -0.15) is 15.3 Å². The molecule has 1 amide bonds. The molecule has 1 atom stereocenters. The molecule has 5 heterocycles. The highest BCUT2D eigenvalue weighted by molar-refractivity contribution is 7.13. The van der Waals surface area contributed by atoms with E-state index in [-0.39, 0.29) is 18.0 Å². The first-order valence-corrected chi connectivity index (χ1v) is 15.1. The summed E-state index contributed by atoms with van der Waals surface area (Å²) in [6, 6.07) is 13.0. The Morgan fingerprint density at radius 2 is 1.74 bits per heavy atom. The van der Waals surface area contributed by atoms with Crippen LogP contribution in [-0.4, -0.2) is 50.4 Å². The van der Waals surface area contributed by atoms with E-state index in [0.29, 0.717) is 34.5 Å². The average molecular weight is 603 g/mol. The Labute approximate surface area is 250 Å². The minimum absolute atomic E-state index is 0.284. The molecule has 1 unspecified atom stereocenters. The van der Waals surface area contributed by atoms with Gasteiger partial charge in [0.1, 0.15) is 17.8 Å². The van der Waals surface area contributed by atoms with Gasteiger partial charge in [-0.1, -0.05) is 18.2 Å². The molecule has 42 heavy (non-hydrogen) atoms. The Morgan fingerprint density at radius 1 is 1.02 bits per heavy atom. The van der Waals surface area contributed by atoms with E-state index in [1.165, 1.54) is 21.0 Å². The highest BCUT2D eigenvalue weighted by Gasteiger charge is 2.35. The van der Waals surface area contributed by atoms with E-state index in [9.17, 15) is 9.59 Å². The van der Waals surface area contributed by atoms with Crippen LogP contribution in [0.25, 0.3) is 21.5 Å². The normalized spacial score (nSPS) is 15.3. The lowest BCUT2D eigenvalue weighted by molar-refractivity contribution is -0.133. The largest absolute Gasteiger partial charge is 0.493 e. The van der Waals surface area contributed by atoms with Crippen molar-refractivity contribution in [2.45, 2.75) is 45.3 Å². The molecule has 0 bridgehead atoms. The molecule has 10 nitrogen and oxygen atoms in total. The second-order valence-corrected chi connectivity index (χ2v) is 12.8. The van der Waals surface area contributed by atoms with E-state index in [2.05, 4.69) is 5.10 Å². The van der Waals surface area contributed by atoms with Crippen molar-refractivity contribution in [3.8, 4) is 22.1 Å². The number of amides is 1. The fourth-order valence-corrected chi connectivity index (χ4v) is 6.58. The van der Waals surface area contributed by atoms with Crippen LogP contribution in [0.1, 0.15) is 43.7 Å². The molecule has 0 spiro atoms. The summed E-state index contributed by atoms with van der Waals surface area (Å²) >= 11 is 3.08. The van der Waals surface area contributed by atoms with Gasteiger partial charge in [-0.15, -0.1) is 22.7 Å². The molecular weight excluding hydrogens is 573 g/mol. The van der Waals surface area contributed by atoms with Gasteiger partial charge in [-0.25, -0.2) is 9.69 Å². The Morgan fingerprint density at radius 3 is 2.38 bits per heavy atom. The molecule has 1 aliphatic rings. The predicted octanol–water partition coefficient (Wildman–Crippen LogP) is 5.53. The standard InChI is InChI=1S/C30H30N6O4S2/c1-30(2,3)36-28-19(16-31-36)27(25-9-7-13-42-25)33-34(29(28)38)17-26(37)35-21(15-20(32-35)24-8-6-12-41-24)18-10-11-22(39-4)23(14-18)40-5/h6-14,16,21H,15,17H2,1-5H3. The van der Waals surface area contributed by atoms with Gasteiger partial charge in [0.05, 0.1) is 52.8 Å². The zero-order chi connectivity index (χ0) is 29.6. The topological polar surface area (TPSA) is 104 Å². The van der Waals surface area contributed by atoms with Crippen molar-refractivity contribution in [3.63, 3.8) is 0 Å². The Hall–Kier alpha value is -4.29. The molecule has 0 saturated heterocycles. The maximum Gasteiger partial charge on any atom is 0.293 e. The van der Waals surface area contributed by atoms with E-state index >= 15 is 0 Å². The molecule has 1 aromatic carbocycles. The highest BCUT2D eigenvalue weighted by Crippen LogP contribution is 2.38. The summed E-state index contributed by atoms with van der Waals surface area (Å²) in [4.78, 5) is 29.8. The summed E-state index contributed by atoms with van der Waals surface area (Å²) in [5.41, 5.74) is 1.84. The zero-order valence-corrected chi connectivity index (χ0v) is 25.5. The molecule has 0 aliphatic carbocycles. The number of hydrazone groups is 1. The number of thiophene rings is 2. The number of ether oxygens (including phenoxy) is 2. The monoisotopic (exact) mass is 602 g/mol. The van der Waals surface area contributed by atoms with Crippen LogP contribution in [0, 0.1) is 0 Å². The first-order chi connectivity index (χ1) is 20.2. The van der Waals surface area contributed by atoms with Gasteiger partial charge in [-0.05, 0) is 61.4 Å². The van der Waals surface area contributed by atoms with Crippen molar-refractivity contribution < 1.29 is 14.3 Å². The SMILES string of the molecule is COc1ccc(C2CC(c3cccs3)=NN2C(=O)Cn2nc(-c3cccs3)c3cnn(C(C)(C)C)c3c2=O)cc1OC. The van der Waals surface area contributed by atoms with Crippen LogP contribution in [-0.2, 0) is 16.9 Å². The Balaban J connectivity index is 1.43. The van der Waals surface area contributed by atoms with Crippen LogP contribution in [0.2, 0.25) is 0 Å². The maximum absolute atomic E-state index is 14.0. The molecule has 0 fully saturated rings. The molecule has 6 rings (SSSR count). The molecule has 216 valence electrons. The van der Waals surface area contributed by atoms with Crippen LogP contribution in [0.4, 0.5) is 0 Å². The van der Waals surface area contributed by atoms with E-state index < -0.39 is 11.6 Å². The Bertz CT molecular complexity index is 1850. The first kappa shape index (κ1) is 27.9. The van der Waals surface area contributed by atoms with Crippen LogP contribution >= 0.6 is 22.7 Å². The fourth-order valence-electron chi connectivity index (χ4n) is 5.13. The average Bonchev–Trinajstić information content (AvgIpc) is 3.79. The minimum Gasteiger partial charge on any atom is -0.493 e. The number of carbonyl (C=O) groups is 1. The predicted molar refractivity (Wildman–Crippen MR) is 165 cm³/mol. The van der Waals surface area contributed by atoms with Gasteiger partial charge in [0, 0.05) is 6.42 Å². The minimum atomic E-state index is -0.454. The quantitative estimate of drug-likeness (QED) is 0.243. The van der Waals surface area contributed by atoms with Crippen LogP contribution in [0.15, 0.2) is 69.3 Å². The van der Waals surface area contributed by atoms with Crippen molar-refractivity contribution in [2.24, 2.45) is 5.10 Å². The van der Waals surface area contributed by atoms with Crippen molar-refractivity contribution in [2.75, 3.05) is 14.2 Å². The molecule has 0 radical (unpaired) electrons. The van der Waals surface area contributed by atoms with Crippen LogP contribution < -0.4 is 15.0 Å². The first-order valence-electron chi connectivity index (χ1n) is 13.4. The van der Waals surface area contributed by atoms with Crippen molar-refractivity contribution >= 4 is 45.2 Å². The summed E-state index contributed by atoms with van der Waals surface area (Å²) in [7, 11) is 3.16. The maximum atomic E-state index is 14.0. The lowest BCUT2D eigenvalue weighted by Crippen LogP contribution is -2.36. The number of aromatic nitrogens is 4. The summed E-state index contributed by atoms with van der Waals surface area (Å²) in [5.74, 6) is 0.803. The summed E-state index contributed by atoms with van der Waals surface area (Å²) in [5, 5.41) is 20.1. The van der Waals surface area contributed by atoms with Gasteiger partial charge < -0.3 is 9.47 Å². The molecule has 0 saturated carbocycles. The van der Waals surface area contributed by atoms with E-state index in [1.54, 1.807) is 36.4 Å². The van der Waals surface area contributed by atoms with Gasteiger partial charge in [0.2, 0.25) is 0 Å². The summed E-state index contributed by atoms with van der Waals surface area (Å²) in [6.45, 7) is 5.67. The number of hydrogen-bond acceptors (Lipinski definition) is 9. The van der Waals surface area contributed by atoms with Gasteiger partial charge in [0.15, 0.2) is 11.5 Å². The number of methoxy groups -OCH3 is 2. The third-order valence-electron chi connectivity index (χ3n) is 7.12. The summed E-state index contributed by atoms with van der Waals surface area (Å²) < 4.78 is 13.9. The van der Waals surface area contributed by atoms with E-state index in [1.807, 2.05) is 74.0 Å². The smallest absolute Gasteiger partial charge is 0.293 e. The Kier molecular flexibility index (Phi) is 7.19. The highest BCUT2D eigenvalue weighted by atomic mass is 32.1. The number of rotatable bonds is 7. The lowest BCUT2D eigenvalue weighted by Gasteiger charge is -2.23.